The van der Waals surface area contributed by atoms with Gasteiger partial charge in [-0.05, 0) is 93.4 Å². The molecule has 2 fully saturated rings. The molecule has 1 aliphatic carbocycles. The Morgan fingerprint density at radius 1 is 1.26 bits per heavy atom. The van der Waals surface area contributed by atoms with Crippen LogP contribution in [0.15, 0.2) is 6.07 Å². The van der Waals surface area contributed by atoms with E-state index in [2.05, 4.69) is 25.2 Å². The van der Waals surface area contributed by atoms with E-state index in [4.69, 9.17) is 4.74 Å². The van der Waals surface area contributed by atoms with Gasteiger partial charge in [-0.3, -0.25) is 0 Å². The monoisotopic (exact) mass is 458 g/mol. The number of tetrazole rings is 1. The van der Waals surface area contributed by atoms with E-state index in [1.165, 1.54) is 25.7 Å². The summed E-state index contributed by atoms with van der Waals surface area (Å²) in [5.41, 5.74) is -0.870. The summed E-state index contributed by atoms with van der Waals surface area (Å²) in [6.07, 6.45) is 1.25. The molecule has 2 aromatic rings. The Labute approximate surface area is 183 Å². The molecule has 1 saturated carbocycles. The number of nitrogens with one attached hydrogen (secondary N) is 1. The van der Waals surface area contributed by atoms with E-state index in [-0.39, 0.29) is 0 Å². The van der Waals surface area contributed by atoms with Crippen molar-refractivity contribution < 1.29 is 17.9 Å². The van der Waals surface area contributed by atoms with Gasteiger partial charge in [0.2, 0.25) is 0 Å². The molecule has 1 atom stereocenters. The van der Waals surface area contributed by atoms with Crippen LogP contribution in [0.4, 0.5) is 13.2 Å². The summed E-state index contributed by atoms with van der Waals surface area (Å²) in [5, 5.41) is 15.5. The molecular weight excluding hydrogens is 429 g/mol. The van der Waals surface area contributed by atoms with Gasteiger partial charge in [-0.1, -0.05) is 0 Å². The highest BCUT2D eigenvalue weighted by Gasteiger charge is 2.41. The van der Waals surface area contributed by atoms with Crippen LogP contribution in [0.1, 0.15) is 75.3 Å². The van der Waals surface area contributed by atoms with Gasteiger partial charge >= 0.3 is 6.18 Å². The number of hydrogen-bond acceptors (Lipinski definition) is 7. The minimum atomic E-state index is -4.47. The minimum Gasteiger partial charge on any atom is -0.380 e. The first-order chi connectivity index (χ1) is 14.6. The van der Waals surface area contributed by atoms with Crippen molar-refractivity contribution in [2.45, 2.75) is 70.6 Å². The average Bonchev–Trinajstić information content (AvgIpc) is 3.34. The number of ether oxygens (including phenoxy) is 1. The van der Waals surface area contributed by atoms with Crippen molar-refractivity contribution in [3.05, 3.63) is 22.5 Å². The number of nitrogens with zero attached hydrogens (tertiary/aromatic N) is 5. The Morgan fingerprint density at radius 2 is 1.97 bits per heavy atom. The van der Waals surface area contributed by atoms with Gasteiger partial charge in [0.25, 0.3) is 0 Å². The molecule has 1 unspecified atom stereocenters. The van der Waals surface area contributed by atoms with Gasteiger partial charge in [0.15, 0.2) is 11.5 Å². The van der Waals surface area contributed by atoms with Crippen molar-refractivity contribution in [3.8, 4) is 0 Å². The molecular formula is C20H29F3N6OS. The number of alkyl halides is 3. The Bertz CT molecular complexity index is 876. The average molecular weight is 459 g/mol. The number of rotatable bonds is 6. The van der Waals surface area contributed by atoms with Gasteiger partial charge in [-0.2, -0.15) is 17.5 Å². The number of hydrogen-bond donors (Lipinski definition) is 1. The van der Waals surface area contributed by atoms with Gasteiger partial charge in [-0.25, -0.2) is 4.68 Å². The lowest BCUT2D eigenvalue weighted by Crippen LogP contribution is -2.45. The minimum absolute atomic E-state index is 0.404. The molecule has 1 aliphatic heterocycles. The molecule has 0 aromatic carbocycles. The van der Waals surface area contributed by atoms with Gasteiger partial charge in [-0.15, -0.1) is 5.10 Å². The highest BCUT2D eigenvalue weighted by Crippen LogP contribution is 2.45. The summed E-state index contributed by atoms with van der Waals surface area (Å²) < 4.78 is 50.1. The Hall–Kier alpha value is -1.59. The van der Waals surface area contributed by atoms with Crippen molar-refractivity contribution in [1.82, 2.24) is 29.9 Å². The molecule has 172 valence electrons. The van der Waals surface area contributed by atoms with Crippen LogP contribution >= 0.6 is 11.5 Å². The lowest BCUT2D eigenvalue weighted by atomic mass is 9.68. The second-order valence-electron chi connectivity index (χ2n) is 9.84. The van der Waals surface area contributed by atoms with Crippen LogP contribution in [0.3, 0.4) is 0 Å². The van der Waals surface area contributed by atoms with Crippen molar-refractivity contribution in [2.24, 2.45) is 11.3 Å². The smallest absolute Gasteiger partial charge is 0.380 e. The quantitative estimate of drug-likeness (QED) is 0.700. The third kappa shape index (κ3) is 4.93. The predicted molar refractivity (Wildman–Crippen MR) is 110 cm³/mol. The molecule has 3 heterocycles. The van der Waals surface area contributed by atoms with Crippen LogP contribution in [-0.2, 0) is 16.5 Å². The molecule has 0 amide bonds. The molecule has 1 spiro atoms. The van der Waals surface area contributed by atoms with Crippen molar-refractivity contribution in [1.29, 1.82) is 0 Å². The maximum Gasteiger partial charge on any atom is 0.434 e. The second kappa shape index (κ2) is 8.40. The van der Waals surface area contributed by atoms with Crippen LogP contribution < -0.4 is 5.32 Å². The maximum absolute atomic E-state index is 13.1. The predicted octanol–water partition coefficient (Wildman–Crippen LogP) is 4.18. The summed E-state index contributed by atoms with van der Waals surface area (Å²) >= 11 is 0.843. The van der Waals surface area contributed by atoms with Gasteiger partial charge in [0, 0.05) is 5.41 Å². The third-order valence-electron chi connectivity index (χ3n) is 6.37. The zero-order valence-corrected chi connectivity index (χ0v) is 18.9. The van der Waals surface area contributed by atoms with Crippen LogP contribution in [0.25, 0.3) is 0 Å². The number of aromatic nitrogens is 5. The molecule has 2 aromatic heterocycles. The molecule has 31 heavy (non-hydrogen) atoms. The van der Waals surface area contributed by atoms with Crippen LogP contribution in [0.5, 0.6) is 0 Å². The van der Waals surface area contributed by atoms with E-state index in [1.807, 2.05) is 20.8 Å². The first-order valence-electron chi connectivity index (χ1n) is 10.7. The standard InChI is InChI=1S/C20H29F3N6OS/c1-18(2,3)29-17(25-27-28-29)16(14-10-15(26-31-14)20(21,22)23)24-9-6-13-4-7-19(8-5-13)11-30-12-19/h10,13,16,24H,4-9,11-12H2,1-3H3. The van der Waals surface area contributed by atoms with Crippen LogP contribution in [-0.4, -0.2) is 44.3 Å². The Morgan fingerprint density at radius 3 is 2.52 bits per heavy atom. The molecule has 2 aliphatic rings. The maximum atomic E-state index is 13.1. The normalized spacial score (nSPS) is 20.7. The summed E-state index contributed by atoms with van der Waals surface area (Å²) in [5.74, 6) is 1.12. The first-order valence-corrected chi connectivity index (χ1v) is 11.5. The Kier molecular flexibility index (Phi) is 6.12. The van der Waals surface area contributed by atoms with Crippen LogP contribution in [0, 0.1) is 11.3 Å². The van der Waals surface area contributed by atoms with Gasteiger partial charge in [0.05, 0.1) is 23.6 Å². The first kappa shape index (κ1) is 22.6. The lowest BCUT2D eigenvalue weighted by Gasteiger charge is -2.46. The van der Waals surface area contributed by atoms with Gasteiger partial charge < -0.3 is 10.1 Å². The fraction of sp³-hybridized carbons (Fsp3) is 0.800. The molecule has 1 saturated heterocycles. The summed E-state index contributed by atoms with van der Waals surface area (Å²) in [4.78, 5) is 0.460. The molecule has 7 nitrogen and oxygen atoms in total. The molecule has 0 bridgehead atoms. The van der Waals surface area contributed by atoms with E-state index < -0.39 is 23.5 Å². The fourth-order valence-corrected chi connectivity index (χ4v) is 5.24. The molecule has 11 heteroatoms. The van der Waals surface area contributed by atoms with Crippen molar-refractivity contribution >= 4 is 11.5 Å². The van der Waals surface area contributed by atoms with Gasteiger partial charge in [0.1, 0.15) is 6.04 Å². The Balaban J connectivity index is 1.47. The van der Waals surface area contributed by atoms with E-state index >= 15 is 0 Å². The SMILES string of the molecule is CC(C)(C)n1nnnc1C(NCCC1CCC2(CC1)COC2)c1cc(C(F)(F)F)ns1. The third-order valence-corrected chi connectivity index (χ3v) is 7.23. The van der Waals surface area contributed by atoms with Crippen LogP contribution in [0.2, 0.25) is 0 Å². The van der Waals surface area contributed by atoms with E-state index in [1.54, 1.807) is 4.68 Å². The van der Waals surface area contributed by atoms with E-state index in [9.17, 15) is 13.2 Å². The fourth-order valence-electron chi connectivity index (χ4n) is 4.42. The lowest BCUT2D eigenvalue weighted by molar-refractivity contribution is -0.140. The van der Waals surface area contributed by atoms with Crippen molar-refractivity contribution in [3.63, 3.8) is 0 Å². The zero-order chi connectivity index (χ0) is 22.3. The van der Waals surface area contributed by atoms with E-state index in [0.717, 1.165) is 37.2 Å². The highest BCUT2D eigenvalue weighted by molar-refractivity contribution is 7.05. The van der Waals surface area contributed by atoms with Crippen molar-refractivity contribution in [2.75, 3.05) is 19.8 Å². The zero-order valence-electron chi connectivity index (χ0n) is 18.1. The molecule has 0 radical (unpaired) electrons. The topological polar surface area (TPSA) is 77.8 Å². The molecule has 4 rings (SSSR count). The highest BCUT2D eigenvalue weighted by atomic mass is 32.1. The summed E-state index contributed by atoms with van der Waals surface area (Å²) in [7, 11) is 0. The summed E-state index contributed by atoms with van der Waals surface area (Å²) in [6.45, 7) is 8.33. The number of halogens is 3. The van der Waals surface area contributed by atoms with E-state index in [0.29, 0.717) is 28.6 Å². The largest absolute Gasteiger partial charge is 0.434 e. The summed E-state index contributed by atoms with van der Waals surface area (Å²) in [6, 6.07) is 0.558. The molecule has 1 N–H and O–H groups in total. The second-order valence-corrected chi connectivity index (χ2v) is 10.7.